The molecule has 0 radical (unpaired) electrons. The van der Waals surface area contributed by atoms with Crippen LogP contribution in [0.3, 0.4) is 0 Å². The van der Waals surface area contributed by atoms with E-state index in [1.165, 1.54) is 0 Å². The van der Waals surface area contributed by atoms with Crippen molar-refractivity contribution in [3.8, 4) is 17.6 Å². The van der Waals surface area contributed by atoms with Crippen LogP contribution in [0.2, 0.25) is 0 Å². The lowest BCUT2D eigenvalue weighted by atomic mass is 10.1. The Morgan fingerprint density at radius 1 is 1.14 bits per heavy atom. The number of nitrogens with zero attached hydrogens (tertiary/aromatic N) is 2. The Bertz CT molecular complexity index is 688. The molecule has 2 aromatic rings. The minimum absolute atomic E-state index is 0.507. The van der Waals surface area contributed by atoms with Crippen LogP contribution in [-0.4, -0.2) is 18.2 Å². The van der Waals surface area contributed by atoms with Crippen LogP contribution in [0.5, 0.6) is 11.5 Å². The van der Waals surface area contributed by atoms with Crippen LogP contribution in [0.4, 0.5) is 0 Å². The van der Waals surface area contributed by atoms with E-state index < -0.39 is 0 Å². The van der Waals surface area contributed by atoms with E-state index in [1.807, 2.05) is 50.2 Å². The molecule has 0 aliphatic carbocycles. The zero-order valence-corrected chi connectivity index (χ0v) is 12.7. The fraction of sp³-hybridized carbons (Fsp3) is 0.222. The van der Waals surface area contributed by atoms with Gasteiger partial charge in [0.25, 0.3) is 0 Å². The smallest absolute Gasteiger partial charge is 0.161 e. The highest BCUT2D eigenvalue weighted by Crippen LogP contribution is 2.30. The summed E-state index contributed by atoms with van der Waals surface area (Å²) in [7, 11) is 0. The van der Waals surface area contributed by atoms with Crippen LogP contribution in [0.15, 0.2) is 42.6 Å². The fourth-order valence-corrected chi connectivity index (χ4v) is 2.01. The first-order valence-corrected chi connectivity index (χ1v) is 7.21. The molecule has 0 bridgehead atoms. The van der Waals surface area contributed by atoms with Crippen molar-refractivity contribution in [2.24, 2.45) is 0 Å². The van der Waals surface area contributed by atoms with E-state index in [0.717, 1.165) is 5.56 Å². The van der Waals surface area contributed by atoms with Crippen molar-refractivity contribution >= 4 is 11.6 Å². The zero-order valence-electron chi connectivity index (χ0n) is 12.7. The number of ether oxygens (including phenoxy) is 2. The van der Waals surface area contributed by atoms with Crippen molar-refractivity contribution in [2.75, 3.05) is 13.2 Å². The second kappa shape index (κ2) is 7.84. The van der Waals surface area contributed by atoms with Gasteiger partial charge in [-0.25, -0.2) is 0 Å². The van der Waals surface area contributed by atoms with Gasteiger partial charge < -0.3 is 9.47 Å². The minimum atomic E-state index is 0.507. The summed E-state index contributed by atoms with van der Waals surface area (Å²) >= 11 is 0. The molecule has 0 spiro atoms. The molecule has 0 saturated carbocycles. The third-order valence-corrected chi connectivity index (χ3v) is 2.94. The highest BCUT2D eigenvalue weighted by Gasteiger charge is 2.07. The van der Waals surface area contributed by atoms with Crippen molar-refractivity contribution < 1.29 is 9.47 Å². The summed E-state index contributed by atoms with van der Waals surface area (Å²) < 4.78 is 11.1. The maximum absolute atomic E-state index is 9.34. The van der Waals surface area contributed by atoms with E-state index in [9.17, 15) is 5.26 Å². The van der Waals surface area contributed by atoms with Gasteiger partial charge in [-0.1, -0.05) is 12.1 Å². The van der Waals surface area contributed by atoms with Crippen molar-refractivity contribution in [3.63, 3.8) is 0 Å². The van der Waals surface area contributed by atoms with Crippen LogP contribution in [0.25, 0.3) is 11.6 Å². The average molecular weight is 294 g/mol. The summed E-state index contributed by atoms with van der Waals surface area (Å²) in [5.74, 6) is 1.38. The molecule has 0 unspecified atom stereocenters. The van der Waals surface area contributed by atoms with Gasteiger partial charge in [-0.3, -0.25) is 4.98 Å². The number of benzene rings is 1. The molecular formula is C18H18N2O2. The first kappa shape index (κ1) is 15.6. The lowest BCUT2D eigenvalue weighted by molar-refractivity contribution is 0.287. The third kappa shape index (κ3) is 3.86. The molecule has 0 amide bonds. The van der Waals surface area contributed by atoms with Crippen molar-refractivity contribution in [1.29, 1.82) is 5.26 Å². The van der Waals surface area contributed by atoms with E-state index in [0.29, 0.717) is 36.0 Å². The van der Waals surface area contributed by atoms with Gasteiger partial charge in [0.15, 0.2) is 11.5 Å². The average Bonchev–Trinajstić information content (AvgIpc) is 2.56. The summed E-state index contributed by atoms with van der Waals surface area (Å²) in [5.41, 5.74) is 2.03. The fourth-order valence-electron chi connectivity index (χ4n) is 2.01. The summed E-state index contributed by atoms with van der Waals surface area (Å²) in [6, 6.07) is 13.3. The topological polar surface area (TPSA) is 55.1 Å². The summed E-state index contributed by atoms with van der Waals surface area (Å²) in [6.07, 6.45) is 3.46. The molecule has 0 fully saturated rings. The van der Waals surface area contributed by atoms with E-state index in [-0.39, 0.29) is 0 Å². The molecule has 22 heavy (non-hydrogen) atoms. The highest BCUT2D eigenvalue weighted by molar-refractivity contribution is 5.88. The van der Waals surface area contributed by atoms with Gasteiger partial charge >= 0.3 is 0 Å². The van der Waals surface area contributed by atoms with Gasteiger partial charge in [-0.15, -0.1) is 0 Å². The van der Waals surface area contributed by atoms with Gasteiger partial charge in [0.05, 0.1) is 24.5 Å². The second-order valence-corrected chi connectivity index (χ2v) is 4.46. The molecule has 4 heteroatoms. The van der Waals surface area contributed by atoms with Crippen LogP contribution in [0.1, 0.15) is 25.1 Å². The molecule has 0 atom stereocenters. The first-order valence-electron chi connectivity index (χ1n) is 7.21. The number of allylic oxidation sites excluding steroid dienone is 1. The molecule has 0 N–H and O–H groups in total. The highest BCUT2D eigenvalue weighted by atomic mass is 16.5. The quantitative estimate of drug-likeness (QED) is 0.757. The molecular weight excluding hydrogens is 276 g/mol. The summed E-state index contributed by atoms with van der Waals surface area (Å²) in [6.45, 7) is 4.98. The molecule has 4 nitrogen and oxygen atoms in total. The van der Waals surface area contributed by atoms with Gasteiger partial charge in [-0.05, 0) is 49.8 Å². The number of hydrogen-bond acceptors (Lipinski definition) is 4. The van der Waals surface area contributed by atoms with E-state index in [2.05, 4.69) is 11.1 Å². The van der Waals surface area contributed by atoms with Crippen molar-refractivity contribution in [3.05, 3.63) is 53.9 Å². The first-order chi connectivity index (χ1) is 10.8. The Morgan fingerprint density at radius 2 is 1.91 bits per heavy atom. The Kier molecular flexibility index (Phi) is 5.56. The molecule has 0 aliphatic rings. The number of hydrogen-bond donors (Lipinski definition) is 0. The van der Waals surface area contributed by atoms with E-state index in [1.54, 1.807) is 12.3 Å². The Labute approximate surface area is 130 Å². The number of pyridine rings is 1. The van der Waals surface area contributed by atoms with Gasteiger partial charge in [0.2, 0.25) is 0 Å². The molecule has 1 aromatic carbocycles. The van der Waals surface area contributed by atoms with Crippen LogP contribution < -0.4 is 9.47 Å². The van der Waals surface area contributed by atoms with E-state index in [4.69, 9.17) is 9.47 Å². The summed E-state index contributed by atoms with van der Waals surface area (Å²) in [4.78, 5) is 4.21. The maximum Gasteiger partial charge on any atom is 0.161 e. The Hall–Kier alpha value is -2.80. The SMILES string of the molecule is CCOc1ccc(/C=C(\C#N)c2ccccn2)cc1OCC. The molecule has 112 valence electrons. The largest absolute Gasteiger partial charge is 0.490 e. The predicted octanol–water partition coefficient (Wildman–Crippen LogP) is 3.94. The van der Waals surface area contributed by atoms with Crippen LogP contribution in [0, 0.1) is 11.3 Å². The molecule has 0 saturated heterocycles. The van der Waals surface area contributed by atoms with Crippen LogP contribution >= 0.6 is 0 Å². The van der Waals surface area contributed by atoms with Crippen LogP contribution in [-0.2, 0) is 0 Å². The number of rotatable bonds is 6. The van der Waals surface area contributed by atoms with Crippen molar-refractivity contribution in [2.45, 2.75) is 13.8 Å². The minimum Gasteiger partial charge on any atom is -0.490 e. The standard InChI is InChI=1S/C18H18N2O2/c1-3-21-17-9-8-14(12-18(17)22-4-2)11-15(13-19)16-7-5-6-10-20-16/h5-12H,3-4H2,1-2H3/b15-11+. The lowest BCUT2D eigenvalue weighted by Gasteiger charge is -2.11. The monoisotopic (exact) mass is 294 g/mol. The Balaban J connectivity index is 2.37. The molecule has 2 rings (SSSR count). The Morgan fingerprint density at radius 3 is 2.55 bits per heavy atom. The summed E-state index contributed by atoms with van der Waals surface area (Å²) in [5, 5.41) is 9.34. The normalized spacial score (nSPS) is 10.9. The van der Waals surface area contributed by atoms with Gasteiger partial charge in [0.1, 0.15) is 6.07 Å². The third-order valence-electron chi connectivity index (χ3n) is 2.94. The van der Waals surface area contributed by atoms with Gasteiger partial charge in [-0.2, -0.15) is 5.26 Å². The lowest BCUT2D eigenvalue weighted by Crippen LogP contribution is -1.98. The molecule has 0 aliphatic heterocycles. The molecule has 1 aromatic heterocycles. The van der Waals surface area contributed by atoms with Crippen molar-refractivity contribution in [1.82, 2.24) is 4.98 Å². The number of nitriles is 1. The second-order valence-electron chi connectivity index (χ2n) is 4.46. The zero-order chi connectivity index (χ0) is 15.8. The predicted molar refractivity (Wildman–Crippen MR) is 86.5 cm³/mol. The van der Waals surface area contributed by atoms with Gasteiger partial charge in [0, 0.05) is 6.20 Å². The molecule has 1 heterocycles. The van der Waals surface area contributed by atoms with E-state index >= 15 is 0 Å². The maximum atomic E-state index is 9.34. The number of aromatic nitrogens is 1.